The lowest BCUT2D eigenvalue weighted by Crippen LogP contribution is -2.12. The van der Waals surface area contributed by atoms with E-state index in [4.69, 9.17) is 9.97 Å². The fourth-order valence-corrected chi connectivity index (χ4v) is 9.04. The molecule has 2 heterocycles. The Labute approximate surface area is 391 Å². The molecule has 4 nitrogen and oxygen atoms in total. The van der Waals surface area contributed by atoms with Crippen molar-refractivity contribution < 1.29 is 5.11 Å². The number of phenols is 1. The molecule has 330 valence electrons. The van der Waals surface area contributed by atoms with Crippen LogP contribution in [0.5, 0.6) is 5.75 Å². The van der Waals surface area contributed by atoms with Crippen LogP contribution in [-0.2, 0) is 10.8 Å². The van der Waals surface area contributed by atoms with Crippen molar-refractivity contribution in [3.05, 3.63) is 192 Å². The van der Waals surface area contributed by atoms with Gasteiger partial charge in [0.1, 0.15) is 11.6 Å². The highest BCUT2D eigenvalue weighted by Gasteiger charge is 2.27. The molecule has 7 aromatic carbocycles. The van der Waals surface area contributed by atoms with Crippen LogP contribution in [-0.4, -0.2) is 19.6 Å². The SMILES string of the molecule is CC(C)c1cc(-c2nc3c(-c4cc(-c5cc(-c6ccc(-c7ccccc7)cc6)ccn5)cc(C(C)(C)C)c4)cccc3n2-c2ccc(C(C)(C)C)cc2-c2ccccc2)c(O)c(C(C)C)c1. The van der Waals surface area contributed by atoms with Crippen LogP contribution in [0.15, 0.2) is 170 Å². The van der Waals surface area contributed by atoms with Crippen LogP contribution in [0, 0.1) is 0 Å². The normalized spacial score (nSPS) is 12.1. The molecule has 0 saturated carbocycles. The summed E-state index contributed by atoms with van der Waals surface area (Å²) < 4.78 is 2.29. The standard InChI is InChI=1S/C62H61N3O/c1-39(2)46-35-52(40(3)4)59(66)54(36-46)60-64-58-51(22-17-23-57(58)65(60)56-29-28-49(61(5,6)7)38-53(56)44-20-15-12-16-21-44)47-32-48(34-50(33-47)62(8,9)10)55-37-45(30-31-63-55)43-26-24-42(25-27-43)41-18-13-11-14-19-41/h11-40,66H,1-10H3. The first-order valence-corrected chi connectivity index (χ1v) is 23.4. The Morgan fingerprint density at radius 2 is 1.09 bits per heavy atom. The number of para-hydroxylation sites is 1. The van der Waals surface area contributed by atoms with Gasteiger partial charge in [-0.15, -0.1) is 0 Å². The molecule has 0 saturated heterocycles. The molecule has 1 N–H and O–H groups in total. The molecule has 0 unspecified atom stereocenters. The molecule has 0 bridgehead atoms. The van der Waals surface area contributed by atoms with Crippen molar-refractivity contribution in [1.29, 1.82) is 0 Å². The molecule has 0 atom stereocenters. The zero-order chi connectivity index (χ0) is 46.5. The van der Waals surface area contributed by atoms with Crippen LogP contribution in [0.25, 0.3) is 83.9 Å². The lowest BCUT2D eigenvalue weighted by molar-refractivity contribution is 0.466. The van der Waals surface area contributed by atoms with Crippen LogP contribution in [0.1, 0.15) is 103 Å². The summed E-state index contributed by atoms with van der Waals surface area (Å²) >= 11 is 0. The van der Waals surface area contributed by atoms with Gasteiger partial charge in [0.05, 0.1) is 28.0 Å². The van der Waals surface area contributed by atoms with E-state index in [1.807, 2.05) is 6.20 Å². The third-order valence-electron chi connectivity index (χ3n) is 13.1. The van der Waals surface area contributed by atoms with Crippen molar-refractivity contribution in [1.82, 2.24) is 14.5 Å². The molecule has 2 aromatic heterocycles. The van der Waals surface area contributed by atoms with Crippen LogP contribution in [0.4, 0.5) is 0 Å². The van der Waals surface area contributed by atoms with Gasteiger partial charge in [0, 0.05) is 22.9 Å². The number of imidazole rings is 1. The fourth-order valence-electron chi connectivity index (χ4n) is 9.04. The van der Waals surface area contributed by atoms with E-state index in [1.54, 1.807) is 0 Å². The van der Waals surface area contributed by atoms with Gasteiger partial charge in [0.2, 0.25) is 0 Å². The number of hydrogen-bond acceptors (Lipinski definition) is 3. The maximum Gasteiger partial charge on any atom is 0.149 e. The monoisotopic (exact) mass is 863 g/mol. The average molecular weight is 864 g/mol. The number of pyridine rings is 1. The summed E-state index contributed by atoms with van der Waals surface area (Å²) in [6.07, 6.45) is 1.92. The van der Waals surface area contributed by atoms with Gasteiger partial charge in [-0.2, -0.15) is 0 Å². The van der Waals surface area contributed by atoms with Gasteiger partial charge >= 0.3 is 0 Å². The Hall–Kier alpha value is -7.04. The first kappa shape index (κ1) is 44.2. The quantitative estimate of drug-likeness (QED) is 0.157. The number of phenolic OH excluding ortho intramolecular Hbond substituents is 1. The number of hydrogen-bond donors (Lipinski definition) is 1. The lowest BCUT2D eigenvalue weighted by atomic mass is 9.83. The minimum absolute atomic E-state index is 0.0672. The molecule has 9 rings (SSSR count). The van der Waals surface area contributed by atoms with Crippen molar-refractivity contribution >= 4 is 11.0 Å². The van der Waals surface area contributed by atoms with Gasteiger partial charge in [-0.05, 0) is 127 Å². The van der Waals surface area contributed by atoms with Gasteiger partial charge in [-0.1, -0.05) is 184 Å². The molecule has 4 heteroatoms. The fraction of sp³-hybridized carbons (Fsp3) is 0.226. The molecule has 0 amide bonds. The van der Waals surface area contributed by atoms with Gasteiger partial charge in [0.15, 0.2) is 0 Å². The number of aromatic hydroxyl groups is 1. The second kappa shape index (κ2) is 17.4. The van der Waals surface area contributed by atoms with E-state index in [-0.39, 0.29) is 28.4 Å². The van der Waals surface area contributed by atoms with E-state index in [1.165, 1.54) is 27.8 Å². The minimum Gasteiger partial charge on any atom is -0.507 e. The van der Waals surface area contributed by atoms with Gasteiger partial charge < -0.3 is 5.11 Å². The minimum atomic E-state index is -0.149. The van der Waals surface area contributed by atoms with E-state index in [0.29, 0.717) is 5.82 Å². The Bertz CT molecular complexity index is 3200. The van der Waals surface area contributed by atoms with Crippen LogP contribution in [0.2, 0.25) is 0 Å². The second-order valence-corrected chi connectivity index (χ2v) is 20.5. The highest BCUT2D eigenvalue weighted by Crippen LogP contribution is 2.45. The third-order valence-corrected chi connectivity index (χ3v) is 13.1. The smallest absolute Gasteiger partial charge is 0.149 e. The number of aromatic nitrogens is 3. The summed E-state index contributed by atoms with van der Waals surface area (Å²) in [6, 6.07) is 58.8. The zero-order valence-corrected chi connectivity index (χ0v) is 40.1. The summed E-state index contributed by atoms with van der Waals surface area (Å²) in [5, 5.41) is 12.3. The number of benzene rings is 7. The lowest BCUT2D eigenvalue weighted by Gasteiger charge is -2.23. The second-order valence-electron chi connectivity index (χ2n) is 20.5. The molecule has 0 spiro atoms. The summed E-state index contributed by atoms with van der Waals surface area (Å²) in [7, 11) is 0. The Morgan fingerprint density at radius 1 is 0.470 bits per heavy atom. The molecule has 0 aliphatic heterocycles. The Morgan fingerprint density at radius 3 is 1.73 bits per heavy atom. The molecule has 9 aromatic rings. The van der Waals surface area contributed by atoms with Gasteiger partial charge in [-0.3, -0.25) is 9.55 Å². The maximum absolute atomic E-state index is 12.3. The van der Waals surface area contributed by atoms with E-state index in [9.17, 15) is 5.11 Å². The van der Waals surface area contributed by atoms with Crippen molar-refractivity contribution in [3.63, 3.8) is 0 Å². The molecular weight excluding hydrogens is 803 g/mol. The Balaban J connectivity index is 1.28. The summed E-state index contributed by atoms with van der Waals surface area (Å²) in [5.74, 6) is 1.35. The van der Waals surface area contributed by atoms with Crippen molar-refractivity contribution in [2.75, 3.05) is 0 Å². The molecule has 0 aliphatic carbocycles. The predicted molar refractivity (Wildman–Crippen MR) is 279 cm³/mol. The van der Waals surface area contributed by atoms with E-state index in [2.05, 4.69) is 238 Å². The van der Waals surface area contributed by atoms with Crippen LogP contribution >= 0.6 is 0 Å². The maximum atomic E-state index is 12.3. The number of rotatable bonds is 9. The zero-order valence-electron chi connectivity index (χ0n) is 40.1. The first-order chi connectivity index (χ1) is 31.5. The largest absolute Gasteiger partial charge is 0.507 e. The summed E-state index contributed by atoms with van der Waals surface area (Å²) in [5.41, 5.74) is 18.8. The average Bonchev–Trinajstić information content (AvgIpc) is 3.70. The Kier molecular flexibility index (Phi) is 11.6. The predicted octanol–water partition coefficient (Wildman–Crippen LogP) is 17.0. The van der Waals surface area contributed by atoms with E-state index < -0.39 is 0 Å². The van der Waals surface area contributed by atoms with Crippen molar-refractivity contribution in [3.8, 4) is 78.6 Å². The van der Waals surface area contributed by atoms with E-state index >= 15 is 0 Å². The molecule has 0 aliphatic rings. The van der Waals surface area contributed by atoms with Crippen LogP contribution < -0.4 is 0 Å². The van der Waals surface area contributed by atoms with E-state index in [0.717, 1.165) is 72.5 Å². The third kappa shape index (κ3) is 8.61. The first-order valence-electron chi connectivity index (χ1n) is 23.4. The van der Waals surface area contributed by atoms with Gasteiger partial charge in [-0.25, -0.2) is 4.98 Å². The summed E-state index contributed by atoms with van der Waals surface area (Å²) in [6.45, 7) is 22.3. The topological polar surface area (TPSA) is 50.9 Å². The molecular formula is C62H61N3O. The summed E-state index contributed by atoms with van der Waals surface area (Å²) in [4.78, 5) is 10.7. The number of fused-ring (bicyclic) bond motifs is 1. The van der Waals surface area contributed by atoms with Crippen molar-refractivity contribution in [2.24, 2.45) is 0 Å². The van der Waals surface area contributed by atoms with Crippen LogP contribution in [0.3, 0.4) is 0 Å². The highest BCUT2D eigenvalue weighted by molar-refractivity contribution is 5.98. The molecule has 0 radical (unpaired) electrons. The number of nitrogens with zero attached hydrogens (tertiary/aromatic N) is 3. The highest BCUT2D eigenvalue weighted by atomic mass is 16.3. The molecule has 0 fully saturated rings. The van der Waals surface area contributed by atoms with Gasteiger partial charge in [0.25, 0.3) is 0 Å². The molecule has 66 heavy (non-hydrogen) atoms. The van der Waals surface area contributed by atoms with Crippen molar-refractivity contribution in [2.45, 2.75) is 91.9 Å².